The molecule has 2 aliphatic heterocycles. The Balaban J connectivity index is 1.62. The number of hydrogen-bond donors (Lipinski definition) is 1. The van der Waals surface area contributed by atoms with E-state index in [2.05, 4.69) is 0 Å². The van der Waals surface area contributed by atoms with Crippen LogP contribution in [0, 0.1) is 22.7 Å². The molecule has 2 aliphatic carbocycles. The Bertz CT molecular complexity index is 797. The first kappa shape index (κ1) is 16.1. The van der Waals surface area contributed by atoms with Gasteiger partial charge in [-0.05, 0) is 31.7 Å². The Hall–Kier alpha value is -2.08. The molecule has 5 rings (SSSR count). The number of carbonyl (C=O) groups excluding carboxylic acids is 2. The van der Waals surface area contributed by atoms with Crippen LogP contribution in [0.3, 0.4) is 0 Å². The molecule has 6 atom stereocenters. The van der Waals surface area contributed by atoms with Gasteiger partial charge in [-0.3, -0.25) is 9.59 Å². The fraction of sp³-hybridized carbons (Fsp3) is 0.600. The molecular weight excluding hydrogens is 336 g/mol. The SMILES string of the molecule is C[C@]12C[C@@H](c3ccoc3)OC(=O)[C@@H]1CC[C@@]13COC(=O)C1C=CC[C@@]32O. The number of cyclic esters (lactones) is 2. The van der Waals surface area contributed by atoms with Gasteiger partial charge in [-0.15, -0.1) is 0 Å². The highest BCUT2D eigenvalue weighted by Crippen LogP contribution is 2.68. The van der Waals surface area contributed by atoms with Gasteiger partial charge in [-0.25, -0.2) is 0 Å². The van der Waals surface area contributed by atoms with Gasteiger partial charge >= 0.3 is 11.9 Å². The number of hydrogen-bond acceptors (Lipinski definition) is 6. The van der Waals surface area contributed by atoms with Crippen LogP contribution in [0.2, 0.25) is 0 Å². The monoisotopic (exact) mass is 358 g/mol. The topological polar surface area (TPSA) is 86.0 Å². The van der Waals surface area contributed by atoms with Crippen molar-refractivity contribution in [3.63, 3.8) is 0 Å². The molecule has 3 fully saturated rings. The lowest BCUT2D eigenvalue weighted by Gasteiger charge is -2.64. The Morgan fingerprint density at radius 2 is 2.12 bits per heavy atom. The average molecular weight is 358 g/mol. The smallest absolute Gasteiger partial charge is 0.313 e. The maximum absolute atomic E-state index is 12.8. The summed E-state index contributed by atoms with van der Waals surface area (Å²) in [6.07, 6.45) is 8.51. The van der Waals surface area contributed by atoms with Crippen molar-refractivity contribution in [1.82, 2.24) is 0 Å². The molecule has 26 heavy (non-hydrogen) atoms. The fourth-order valence-corrected chi connectivity index (χ4v) is 6.05. The van der Waals surface area contributed by atoms with Gasteiger partial charge in [0.1, 0.15) is 12.7 Å². The Morgan fingerprint density at radius 1 is 1.27 bits per heavy atom. The summed E-state index contributed by atoms with van der Waals surface area (Å²) in [5, 5.41) is 12.0. The van der Waals surface area contributed by atoms with E-state index in [1.54, 1.807) is 18.6 Å². The standard InChI is InChI=1S/C20H22O6/c1-18-9-15(12-5-8-24-10-12)26-17(22)13(18)4-7-19-11-25-16(21)14(19)3-2-6-20(18,19)23/h2-3,5,8,10,13-15,23H,4,6-7,9,11H2,1H3/t13-,14?,15-,18-,19+,20-/m0/s1. The number of rotatable bonds is 1. The molecule has 3 heterocycles. The summed E-state index contributed by atoms with van der Waals surface area (Å²) in [5.41, 5.74) is -1.78. The molecule has 0 radical (unpaired) electrons. The summed E-state index contributed by atoms with van der Waals surface area (Å²) in [6, 6.07) is 1.79. The van der Waals surface area contributed by atoms with Gasteiger partial charge in [0.15, 0.2) is 0 Å². The van der Waals surface area contributed by atoms with E-state index in [1.807, 2.05) is 19.1 Å². The second kappa shape index (κ2) is 5.00. The molecular formula is C20H22O6. The van der Waals surface area contributed by atoms with Crippen molar-refractivity contribution in [2.24, 2.45) is 22.7 Å². The van der Waals surface area contributed by atoms with Crippen LogP contribution < -0.4 is 0 Å². The van der Waals surface area contributed by atoms with E-state index in [-0.39, 0.29) is 24.5 Å². The number of ether oxygens (including phenoxy) is 2. The third-order valence-corrected chi connectivity index (χ3v) is 7.55. The second-order valence-corrected chi connectivity index (χ2v) is 8.43. The number of carbonyl (C=O) groups is 2. The maximum atomic E-state index is 12.8. The van der Waals surface area contributed by atoms with Crippen LogP contribution in [0.25, 0.3) is 0 Å². The molecule has 4 aliphatic rings. The number of furan rings is 1. The zero-order valence-electron chi connectivity index (χ0n) is 14.6. The van der Waals surface area contributed by atoms with Gasteiger partial charge in [0, 0.05) is 11.0 Å². The molecule has 6 heteroatoms. The van der Waals surface area contributed by atoms with Crippen LogP contribution in [0.4, 0.5) is 0 Å². The van der Waals surface area contributed by atoms with Crippen LogP contribution in [0.1, 0.15) is 44.3 Å². The molecule has 1 saturated carbocycles. The molecule has 0 aromatic carbocycles. The highest BCUT2D eigenvalue weighted by molar-refractivity contribution is 5.80. The zero-order chi connectivity index (χ0) is 18.2. The first-order valence-electron chi connectivity index (χ1n) is 9.20. The molecule has 138 valence electrons. The fourth-order valence-electron chi connectivity index (χ4n) is 6.05. The van der Waals surface area contributed by atoms with Crippen LogP contribution in [-0.4, -0.2) is 29.3 Å². The van der Waals surface area contributed by atoms with Crippen molar-refractivity contribution < 1.29 is 28.6 Å². The van der Waals surface area contributed by atoms with Gasteiger partial charge in [-0.2, -0.15) is 0 Å². The van der Waals surface area contributed by atoms with Crippen LogP contribution in [0.5, 0.6) is 0 Å². The van der Waals surface area contributed by atoms with E-state index in [0.29, 0.717) is 25.7 Å². The van der Waals surface area contributed by atoms with E-state index in [4.69, 9.17) is 13.9 Å². The average Bonchev–Trinajstić information content (AvgIpc) is 3.24. The number of esters is 2. The molecule has 0 bridgehead atoms. The van der Waals surface area contributed by atoms with Gasteiger partial charge in [0.2, 0.25) is 0 Å². The predicted molar refractivity (Wildman–Crippen MR) is 88.6 cm³/mol. The summed E-state index contributed by atoms with van der Waals surface area (Å²) in [5.74, 6) is -1.37. The minimum Gasteiger partial charge on any atom is -0.472 e. The largest absolute Gasteiger partial charge is 0.472 e. The van der Waals surface area contributed by atoms with Crippen molar-refractivity contribution in [1.29, 1.82) is 0 Å². The Morgan fingerprint density at radius 3 is 2.88 bits per heavy atom. The highest BCUT2D eigenvalue weighted by Gasteiger charge is 2.73. The lowest BCUT2D eigenvalue weighted by molar-refractivity contribution is -0.257. The second-order valence-electron chi connectivity index (χ2n) is 8.43. The maximum Gasteiger partial charge on any atom is 0.313 e. The third-order valence-electron chi connectivity index (χ3n) is 7.55. The van der Waals surface area contributed by atoms with E-state index in [1.165, 1.54) is 0 Å². The summed E-state index contributed by atoms with van der Waals surface area (Å²) in [6.45, 7) is 2.19. The van der Waals surface area contributed by atoms with E-state index in [9.17, 15) is 14.7 Å². The van der Waals surface area contributed by atoms with E-state index >= 15 is 0 Å². The highest BCUT2D eigenvalue weighted by atomic mass is 16.6. The van der Waals surface area contributed by atoms with Gasteiger partial charge in [0.05, 0.1) is 35.4 Å². The van der Waals surface area contributed by atoms with E-state index in [0.717, 1.165) is 5.56 Å². The Kier molecular flexibility index (Phi) is 3.10. The minimum atomic E-state index is -1.20. The number of aliphatic hydroxyl groups is 1. The molecule has 1 spiro atoms. The van der Waals surface area contributed by atoms with Gasteiger partial charge in [0.25, 0.3) is 0 Å². The summed E-state index contributed by atoms with van der Waals surface area (Å²) in [4.78, 5) is 25.1. The van der Waals surface area contributed by atoms with Gasteiger partial charge < -0.3 is 19.0 Å². The predicted octanol–water partition coefficient (Wildman–Crippen LogP) is 2.53. The molecule has 6 nitrogen and oxygen atoms in total. The van der Waals surface area contributed by atoms with Gasteiger partial charge in [-0.1, -0.05) is 19.1 Å². The van der Waals surface area contributed by atoms with Crippen LogP contribution >= 0.6 is 0 Å². The molecule has 1 N–H and O–H groups in total. The molecule has 1 aromatic rings. The molecule has 2 saturated heterocycles. The summed E-state index contributed by atoms with van der Waals surface area (Å²) >= 11 is 0. The quantitative estimate of drug-likeness (QED) is 0.613. The van der Waals surface area contributed by atoms with Crippen molar-refractivity contribution >= 4 is 11.9 Å². The molecule has 1 aromatic heterocycles. The van der Waals surface area contributed by atoms with Crippen LogP contribution in [0.15, 0.2) is 35.2 Å². The minimum absolute atomic E-state index is 0.213. The lowest BCUT2D eigenvalue weighted by atomic mass is 9.42. The van der Waals surface area contributed by atoms with Crippen molar-refractivity contribution in [2.75, 3.05) is 6.61 Å². The van der Waals surface area contributed by atoms with E-state index < -0.39 is 28.5 Å². The summed E-state index contributed by atoms with van der Waals surface area (Å²) < 4.78 is 16.2. The summed E-state index contributed by atoms with van der Waals surface area (Å²) in [7, 11) is 0. The van der Waals surface area contributed by atoms with Crippen molar-refractivity contribution in [3.8, 4) is 0 Å². The first-order valence-corrected chi connectivity index (χ1v) is 9.20. The van der Waals surface area contributed by atoms with Crippen molar-refractivity contribution in [3.05, 3.63) is 36.3 Å². The third kappa shape index (κ3) is 1.71. The normalized spacial score (nSPS) is 46.8. The van der Waals surface area contributed by atoms with Crippen molar-refractivity contribution in [2.45, 2.75) is 44.3 Å². The molecule has 0 amide bonds. The van der Waals surface area contributed by atoms with Crippen LogP contribution in [-0.2, 0) is 19.1 Å². The lowest BCUT2D eigenvalue weighted by Crippen LogP contribution is -2.70. The molecule has 1 unspecified atom stereocenters. The number of fused-ring (bicyclic) bond motifs is 2. The Labute approximate surface area is 151 Å². The zero-order valence-corrected chi connectivity index (χ0v) is 14.6. The first-order chi connectivity index (χ1) is 12.4.